The standard InChI is InChI=1S/C20H24N4O3/c1-15(16-5-3-2-4-6-16)21-18-8-7-17(22-23-18)19(25)24-11-9-20(10-12-24)26-13-14-27-20/h2-8,15H,9-14H2,1H3,(H,21,23). The lowest BCUT2D eigenvalue weighted by Gasteiger charge is -2.37. The van der Waals surface area contributed by atoms with Gasteiger partial charge >= 0.3 is 0 Å². The first-order chi connectivity index (χ1) is 13.2. The number of carbonyl (C=O) groups is 1. The fraction of sp³-hybridized carbons (Fsp3) is 0.450. The van der Waals surface area contributed by atoms with Crippen molar-refractivity contribution in [1.82, 2.24) is 15.1 Å². The molecule has 142 valence electrons. The Hall–Kier alpha value is -2.51. The molecule has 4 rings (SSSR count). The molecule has 2 aliphatic rings. The summed E-state index contributed by atoms with van der Waals surface area (Å²) in [5, 5.41) is 11.6. The lowest BCUT2D eigenvalue weighted by Crippen LogP contribution is -2.47. The van der Waals surface area contributed by atoms with Gasteiger partial charge in [0.25, 0.3) is 5.91 Å². The van der Waals surface area contributed by atoms with E-state index in [0.717, 1.165) is 5.56 Å². The first-order valence-corrected chi connectivity index (χ1v) is 9.38. The van der Waals surface area contributed by atoms with Gasteiger partial charge in [0.2, 0.25) is 0 Å². The Labute approximate surface area is 158 Å². The molecule has 3 heterocycles. The van der Waals surface area contributed by atoms with Crippen molar-refractivity contribution in [2.75, 3.05) is 31.6 Å². The average Bonchev–Trinajstić information content (AvgIpc) is 3.17. The van der Waals surface area contributed by atoms with Crippen molar-refractivity contribution in [2.45, 2.75) is 31.6 Å². The number of piperidine rings is 1. The van der Waals surface area contributed by atoms with Gasteiger partial charge in [0.05, 0.1) is 13.2 Å². The van der Waals surface area contributed by atoms with Crippen molar-refractivity contribution in [3.05, 3.63) is 53.7 Å². The SMILES string of the molecule is CC(Nc1ccc(C(=O)N2CCC3(CC2)OCCO3)nn1)c1ccccc1. The normalized spacial score (nSPS) is 19.8. The number of nitrogens with zero attached hydrogens (tertiary/aromatic N) is 3. The summed E-state index contributed by atoms with van der Waals surface area (Å²) in [5.41, 5.74) is 1.52. The minimum absolute atomic E-state index is 0.0991. The third-order valence-corrected chi connectivity index (χ3v) is 5.17. The van der Waals surface area contributed by atoms with Crippen molar-refractivity contribution >= 4 is 11.7 Å². The lowest BCUT2D eigenvalue weighted by molar-refractivity contribution is -0.181. The Balaban J connectivity index is 1.35. The molecule has 0 bridgehead atoms. The number of benzene rings is 1. The van der Waals surface area contributed by atoms with E-state index in [-0.39, 0.29) is 11.9 Å². The second-order valence-corrected chi connectivity index (χ2v) is 6.98. The molecule has 0 saturated carbocycles. The maximum Gasteiger partial charge on any atom is 0.274 e. The van der Waals surface area contributed by atoms with Gasteiger partial charge in [-0.25, -0.2) is 0 Å². The summed E-state index contributed by atoms with van der Waals surface area (Å²) in [7, 11) is 0. The van der Waals surface area contributed by atoms with Gasteiger partial charge in [-0.15, -0.1) is 10.2 Å². The summed E-state index contributed by atoms with van der Waals surface area (Å²) in [6.45, 7) is 4.54. The number of hydrogen-bond donors (Lipinski definition) is 1. The van der Waals surface area contributed by atoms with Crippen LogP contribution in [-0.4, -0.2) is 53.1 Å². The molecule has 2 saturated heterocycles. The van der Waals surface area contributed by atoms with Crippen LogP contribution in [0.4, 0.5) is 5.82 Å². The van der Waals surface area contributed by atoms with Gasteiger partial charge in [-0.3, -0.25) is 4.79 Å². The molecule has 7 heteroatoms. The van der Waals surface area contributed by atoms with Gasteiger partial charge in [0.1, 0.15) is 5.82 Å². The molecule has 1 atom stereocenters. The summed E-state index contributed by atoms with van der Waals surface area (Å²) in [6, 6.07) is 13.7. The number of ether oxygens (including phenoxy) is 2. The smallest absolute Gasteiger partial charge is 0.274 e. The molecule has 2 aliphatic heterocycles. The van der Waals surface area contributed by atoms with Crippen molar-refractivity contribution in [2.24, 2.45) is 0 Å². The first kappa shape index (κ1) is 17.9. The van der Waals surface area contributed by atoms with Crippen molar-refractivity contribution < 1.29 is 14.3 Å². The van der Waals surface area contributed by atoms with E-state index in [9.17, 15) is 4.79 Å². The van der Waals surface area contributed by atoms with Crippen LogP contribution in [0.5, 0.6) is 0 Å². The molecule has 1 amide bonds. The molecule has 7 nitrogen and oxygen atoms in total. The number of nitrogens with one attached hydrogen (secondary N) is 1. The van der Waals surface area contributed by atoms with Crippen LogP contribution in [0.2, 0.25) is 0 Å². The number of likely N-dealkylation sites (tertiary alicyclic amines) is 1. The molecule has 1 spiro atoms. The van der Waals surface area contributed by atoms with E-state index in [1.807, 2.05) is 18.2 Å². The van der Waals surface area contributed by atoms with E-state index in [0.29, 0.717) is 50.7 Å². The molecular formula is C20H24N4O3. The minimum atomic E-state index is -0.482. The highest BCUT2D eigenvalue weighted by atomic mass is 16.7. The summed E-state index contributed by atoms with van der Waals surface area (Å²) < 4.78 is 11.4. The zero-order chi connectivity index (χ0) is 18.7. The molecule has 2 aromatic rings. The Morgan fingerprint density at radius 2 is 1.78 bits per heavy atom. The van der Waals surface area contributed by atoms with Gasteiger partial charge in [0, 0.05) is 32.0 Å². The summed E-state index contributed by atoms with van der Waals surface area (Å²) in [4.78, 5) is 14.5. The van der Waals surface area contributed by atoms with Crippen molar-refractivity contribution in [1.29, 1.82) is 0 Å². The third-order valence-electron chi connectivity index (χ3n) is 5.17. The van der Waals surface area contributed by atoms with E-state index in [1.54, 1.807) is 17.0 Å². The highest BCUT2D eigenvalue weighted by Gasteiger charge is 2.41. The Kier molecular flexibility index (Phi) is 5.05. The van der Waals surface area contributed by atoms with Gasteiger partial charge in [-0.2, -0.15) is 0 Å². The van der Waals surface area contributed by atoms with Gasteiger partial charge in [-0.1, -0.05) is 30.3 Å². The maximum atomic E-state index is 12.7. The van der Waals surface area contributed by atoms with Gasteiger partial charge < -0.3 is 19.7 Å². The van der Waals surface area contributed by atoms with E-state index < -0.39 is 5.79 Å². The van der Waals surface area contributed by atoms with Gasteiger partial charge in [-0.05, 0) is 24.6 Å². The molecule has 0 aliphatic carbocycles. The van der Waals surface area contributed by atoms with E-state index in [4.69, 9.17) is 9.47 Å². The van der Waals surface area contributed by atoms with Crippen LogP contribution in [-0.2, 0) is 9.47 Å². The van der Waals surface area contributed by atoms with Crippen LogP contribution in [0.3, 0.4) is 0 Å². The third kappa shape index (κ3) is 3.94. The zero-order valence-electron chi connectivity index (χ0n) is 15.4. The fourth-order valence-electron chi connectivity index (χ4n) is 3.57. The van der Waals surface area contributed by atoms with Crippen LogP contribution >= 0.6 is 0 Å². The molecule has 27 heavy (non-hydrogen) atoms. The number of aromatic nitrogens is 2. The number of anilines is 1. The predicted octanol–water partition coefficient (Wildman–Crippen LogP) is 2.63. The number of carbonyl (C=O) groups excluding carboxylic acids is 1. The summed E-state index contributed by atoms with van der Waals surface area (Å²) >= 11 is 0. The number of amides is 1. The average molecular weight is 368 g/mol. The van der Waals surface area contributed by atoms with Crippen molar-refractivity contribution in [3.8, 4) is 0 Å². The number of rotatable bonds is 4. The summed E-state index contributed by atoms with van der Waals surface area (Å²) in [5.74, 6) is 0.0651. The predicted molar refractivity (Wildman–Crippen MR) is 100 cm³/mol. The van der Waals surface area contributed by atoms with E-state index in [2.05, 4.69) is 34.6 Å². The number of hydrogen-bond acceptors (Lipinski definition) is 6. The Morgan fingerprint density at radius 3 is 2.41 bits per heavy atom. The van der Waals surface area contributed by atoms with Crippen LogP contribution in [0.25, 0.3) is 0 Å². The Bertz CT molecular complexity index is 766. The van der Waals surface area contributed by atoms with Gasteiger partial charge in [0.15, 0.2) is 11.5 Å². The van der Waals surface area contributed by atoms with Crippen LogP contribution in [0, 0.1) is 0 Å². The highest BCUT2D eigenvalue weighted by Crippen LogP contribution is 2.31. The van der Waals surface area contributed by atoms with E-state index in [1.165, 1.54) is 0 Å². The minimum Gasteiger partial charge on any atom is -0.362 e. The molecule has 1 aromatic heterocycles. The lowest BCUT2D eigenvalue weighted by atomic mass is 10.0. The molecule has 1 unspecified atom stereocenters. The highest BCUT2D eigenvalue weighted by molar-refractivity contribution is 5.92. The summed E-state index contributed by atoms with van der Waals surface area (Å²) in [6.07, 6.45) is 1.39. The second-order valence-electron chi connectivity index (χ2n) is 6.98. The van der Waals surface area contributed by atoms with Crippen LogP contribution < -0.4 is 5.32 Å². The Morgan fingerprint density at radius 1 is 1.07 bits per heavy atom. The fourth-order valence-corrected chi connectivity index (χ4v) is 3.57. The van der Waals surface area contributed by atoms with E-state index >= 15 is 0 Å². The molecular weight excluding hydrogens is 344 g/mol. The second kappa shape index (κ2) is 7.62. The maximum absolute atomic E-state index is 12.7. The molecule has 0 radical (unpaired) electrons. The largest absolute Gasteiger partial charge is 0.362 e. The molecule has 1 N–H and O–H groups in total. The molecule has 1 aromatic carbocycles. The van der Waals surface area contributed by atoms with Crippen molar-refractivity contribution in [3.63, 3.8) is 0 Å². The topological polar surface area (TPSA) is 76.6 Å². The molecule has 2 fully saturated rings. The first-order valence-electron chi connectivity index (χ1n) is 9.38. The van der Waals surface area contributed by atoms with Crippen LogP contribution in [0.1, 0.15) is 41.9 Å². The zero-order valence-corrected chi connectivity index (χ0v) is 15.4. The monoisotopic (exact) mass is 368 g/mol. The quantitative estimate of drug-likeness (QED) is 0.894. The van der Waals surface area contributed by atoms with Crippen LogP contribution in [0.15, 0.2) is 42.5 Å².